The molecule has 1 amide bonds. The molecule has 0 aliphatic heterocycles. The largest absolute Gasteiger partial charge is 0.354 e. The van der Waals surface area contributed by atoms with Crippen molar-refractivity contribution in [2.75, 3.05) is 18.4 Å². The lowest BCUT2D eigenvalue weighted by Gasteiger charge is -2.07. The lowest BCUT2D eigenvalue weighted by Crippen LogP contribution is -2.30. The SMILES string of the molecule is O=C(NCCNc1nc(Cl)nc(-n2cccn2)n1)C1CC1. The molecule has 0 aromatic carbocycles. The third-order valence-corrected chi connectivity index (χ3v) is 3.13. The van der Waals surface area contributed by atoms with Gasteiger partial charge in [0.1, 0.15) is 0 Å². The third-order valence-electron chi connectivity index (χ3n) is 2.96. The van der Waals surface area contributed by atoms with E-state index in [1.165, 1.54) is 4.68 Å². The van der Waals surface area contributed by atoms with Crippen LogP contribution in [-0.4, -0.2) is 43.7 Å². The van der Waals surface area contributed by atoms with Crippen LogP contribution in [-0.2, 0) is 4.79 Å². The molecule has 0 unspecified atom stereocenters. The van der Waals surface area contributed by atoms with E-state index >= 15 is 0 Å². The average Bonchev–Trinajstić information content (AvgIpc) is 3.17. The molecule has 1 saturated carbocycles. The highest BCUT2D eigenvalue weighted by atomic mass is 35.5. The minimum absolute atomic E-state index is 0.0833. The maximum Gasteiger partial charge on any atom is 0.256 e. The minimum Gasteiger partial charge on any atom is -0.354 e. The maximum absolute atomic E-state index is 11.5. The lowest BCUT2D eigenvalue weighted by atomic mass is 10.4. The van der Waals surface area contributed by atoms with Gasteiger partial charge in [0.25, 0.3) is 5.95 Å². The number of carbonyl (C=O) groups is 1. The zero-order valence-electron chi connectivity index (χ0n) is 11.2. The molecule has 2 aromatic heterocycles. The van der Waals surface area contributed by atoms with Crippen LogP contribution in [0.2, 0.25) is 5.28 Å². The van der Waals surface area contributed by atoms with E-state index in [2.05, 4.69) is 30.7 Å². The van der Waals surface area contributed by atoms with Gasteiger partial charge in [0.15, 0.2) is 0 Å². The second-order valence-corrected chi connectivity index (χ2v) is 5.01. The third kappa shape index (κ3) is 3.66. The molecule has 1 fully saturated rings. The highest BCUT2D eigenvalue weighted by Crippen LogP contribution is 2.28. The van der Waals surface area contributed by atoms with Crippen LogP contribution in [0.3, 0.4) is 0 Å². The summed E-state index contributed by atoms with van der Waals surface area (Å²) in [6, 6.07) is 1.76. The van der Waals surface area contributed by atoms with Crippen molar-refractivity contribution in [3.8, 4) is 5.95 Å². The number of halogens is 1. The zero-order valence-corrected chi connectivity index (χ0v) is 11.9. The van der Waals surface area contributed by atoms with Gasteiger partial charge in [-0.15, -0.1) is 0 Å². The van der Waals surface area contributed by atoms with E-state index in [9.17, 15) is 4.79 Å². The first-order valence-corrected chi connectivity index (χ1v) is 7.03. The molecule has 0 saturated heterocycles. The normalized spacial score (nSPS) is 14.0. The Morgan fingerprint density at radius 3 is 2.90 bits per heavy atom. The van der Waals surface area contributed by atoms with Crippen LogP contribution in [0.25, 0.3) is 5.95 Å². The second-order valence-electron chi connectivity index (χ2n) is 4.67. The summed E-state index contributed by atoms with van der Waals surface area (Å²) in [7, 11) is 0. The van der Waals surface area contributed by atoms with Gasteiger partial charge in [-0.25, -0.2) is 4.68 Å². The van der Waals surface area contributed by atoms with Crippen molar-refractivity contribution in [3.63, 3.8) is 0 Å². The van der Waals surface area contributed by atoms with Crippen LogP contribution in [0.1, 0.15) is 12.8 Å². The van der Waals surface area contributed by atoms with Crippen molar-refractivity contribution in [2.45, 2.75) is 12.8 Å². The summed E-state index contributed by atoms with van der Waals surface area (Å²) in [6.45, 7) is 1.02. The lowest BCUT2D eigenvalue weighted by molar-refractivity contribution is -0.122. The molecule has 0 radical (unpaired) electrons. The number of nitrogens with zero attached hydrogens (tertiary/aromatic N) is 5. The number of carbonyl (C=O) groups excluding carboxylic acids is 1. The predicted octanol–water partition coefficient (Wildman–Crippen LogP) is 0.649. The highest BCUT2D eigenvalue weighted by molar-refractivity contribution is 6.28. The van der Waals surface area contributed by atoms with Crippen LogP contribution in [0, 0.1) is 5.92 Å². The van der Waals surface area contributed by atoms with E-state index < -0.39 is 0 Å². The summed E-state index contributed by atoms with van der Waals surface area (Å²) >= 11 is 5.87. The molecule has 1 aliphatic rings. The monoisotopic (exact) mass is 307 g/mol. The van der Waals surface area contributed by atoms with Gasteiger partial charge in [-0.2, -0.15) is 20.1 Å². The molecular weight excluding hydrogens is 294 g/mol. The number of nitrogens with one attached hydrogen (secondary N) is 2. The molecule has 21 heavy (non-hydrogen) atoms. The predicted molar refractivity (Wildman–Crippen MR) is 76.2 cm³/mol. The first kappa shape index (κ1) is 13.7. The number of aromatic nitrogens is 5. The van der Waals surface area contributed by atoms with E-state index in [0.717, 1.165) is 12.8 Å². The van der Waals surface area contributed by atoms with Gasteiger partial charge in [-0.3, -0.25) is 4.79 Å². The molecule has 2 aromatic rings. The molecule has 2 heterocycles. The summed E-state index contributed by atoms with van der Waals surface area (Å²) in [6.07, 6.45) is 5.33. The molecule has 9 heteroatoms. The summed E-state index contributed by atoms with van der Waals surface area (Å²) in [4.78, 5) is 23.7. The van der Waals surface area contributed by atoms with Crippen LogP contribution in [0.15, 0.2) is 18.5 Å². The summed E-state index contributed by atoms with van der Waals surface area (Å²) < 4.78 is 1.49. The van der Waals surface area contributed by atoms with Gasteiger partial charge in [-0.05, 0) is 30.5 Å². The fourth-order valence-corrected chi connectivity index (χ4v) is 1.91. The maximum atomic E-state index is 11.5. The second kappa shape index (κ2) is 6.04. The van der Waals surface area contributed by atoms with Crippen molar-refractivity contribution < 1.29 is 4.79 Å². The topological polar surface area (TPSA) is 97.6 Å². The van der Waals surface area contributed by atoms with Crippen molar-refractivity contribution in [1.82, 2.24) is 30.0 Å². The van der Waals surface area contributed by atoms with Crippen LogP contribution in [0.4, 0.5) is 5.95 Å². The van der Waals surface area contributed by atoms with Crippen LogP contribution < -0.4 is 10.6 Å². The van der Waals surface area contributed by atoms with Crippen LogP contribution in [0.5, 0.6) is 0 Å². The molecule has 0 bridgehead atoms. The van der Waals surface area contributed by atoms with Crippen molar-refractivity contribution in [1.29, 1.82) is 0 Å². The molecular formula is C12H14ClN7O. The Bertz CT molecular complexity index is 627. The number of hydrogen-bond acceptors (Lipinski definition) is 6. The van der Waals surface area contributed by atoms with E-state index in [0.29, 0.717) is 25.0 Å². The first-order chi connectivity index (χ1) is 10.2. The average molecular weight is 308 g/mol. The van der Waals surface area contributed by atoms with Crippen LogP contribution >= 0.6 is 11.6 Å². The van der Waals surface area contributed by atoms with Crippen molar-refractivity contribution in [3.05, 3.63) is 23.7 Å². The fourth-order valence-electron chi connectivity index (χ4n) is 1.76. The molecule has 110 valence electrons. The van der Waals surface area contributed by atoms with Gasteiger partial charge < -0.3 is 10.6 Å². The summed E-state index contributed by atoms with van der Waals surface area (Å²) in [5.74, 6) is 1.01. The molecule has 2 N–H and O–H groups in total. The van der Waals surface area contributed by atoms with Gasteiger partial charge in [-0.1, -0.05) is 0 Å². The van der Waals surface area contributed by atoms with Crippen molar-refractivity contribution in [2.24, 2.45) is 5.92 Å². The number of amides is 1. The zero-order chi connectivity index (χ0) is 14.7. The smallest absolute Gasteiger partial charge is 0.256 e. The number of anilines is 1. The standard InChI is InChI=1S/C12H14ClN7O/c13-10-17-11(15-6-5-14-9(21)8-2-3-8)19-12(18-10)20-7-1-4-16-20/h1,4,7-8H,2-3,5-6H2,(H,14,21)(H,15,17,18,19). The van der Waals surface area contributed by atoms with Gasteiger partial charge in [0.05, 0.1) is 0 Å². The number of rotatable bonds is 6. The van der Waals surface area contributed by atoms with E-state index in [1.807, 2.05) is 0 Å². The van der Waals surface area contributed by atoms with E-state index in [1.54, 1.807) is 18.5 Å². The molecule has 3 rings (SSSR count). The summed E-state index contributed by atoms with van der Waals surface area (Å²) in [5.41, 5.74) is 0. The summed E-state index contributed by atoms with van der Waals surface area (Å²) in [5, 5.41) is 9.97. The Morgan fingerprint density at radius 1 is 1.33 bits per heavy atom. The Labute approximate surface area is 126 Å². The minimum atomic E-state index is 0.0833. The van der Waals surface area contributed by atoms with Gasteiger partial charge in [0.2, 0.25) is 17.1 Å². The highest BCUT2D eigenvalue weighted by Gasteiger charge is 2.28. The number of hydrogen-bond donors (Lipinski definition) is 2. The molecule has 8 nitrogen and oxygen atoms in total. The molecule has 0 spiro atoms. The van der Waals surface area contributed by atoms with Gasteiger partial charge in [0, 0.05) is 31.4 Å². The Hall–Kier alpha value is -2.22. The first-order valence-electron chi connectivity index (χ1n) is 6.65. The Kier molecular flexibility index (Phi) is 3.96. The Morgan fingerprint density at radius 2 is 2.19 bits per heavy atom. The van der Waals surface area contributed by atoms with E-state index in [-0.39, 0.29) is 17.1 Å². The Balaban J connectivity index is 1.56. The van der Waals surface area contributed by atoms with E-state index in [4.69, 9.17) is 11.6 Å². The molecule has 0 atom stereocenters. The van der Waals surface area contributed by atoms with Gasteiger partial charge >= 0.3 is 0 Å². The molecule has 1 aliphatic carbocycles. The fraction of sp³-hybridized carbons (Fsp3) is 0.417. The van der Waals surface area contributed by atoms with Crippen molar-refractivity contribution >= 4 is 23.5 Å². The quantitative estimate of drug-likeness (QED) is 0.760.